The van der Waals surface area contributed by atoms with Crippen LogP contribution in [0.2, 0.25) is 0 Å². The molecule has 0 spiro atoms. The Morgan fingerprint density at radius 2 is 1.77 bits per heavy atom. The number of rotatable bonds is 5. The number of thioether (sulfide) groups is 1. The van der Waals surface area contributed by atoms with E-state index < -0.39 is 11.6 Å². The first-order valence-corrected chi connectivity index (χ1v) is 8.78. The third kappa shape index (κ3) is 3.54. The van der Waals surface area contributed by atoms with Gasteiger partial charge in [-0.15, -0.1) is 11.3 Å². The fourth-order valence-electron chi connectivity index (χ4n) is 2.01. The van der Waals surface area contributed by atoms with E-state index in [1.807, 2.05) is 35.7 Å². The highest BCUT2D eigenvalue weighted by atomic mass is 32.2. The van der Waals surface area contributed by atoms with Crippen molar-refractivity contribution in [2.45, 2.75) is 11.5 Å². The molecule has 3 rings (SSSR count). The van der Waals surface area contributed by atoms with Gasteiger partial charge in [-0.3, -0.25) is 0 Å². The molecule has 0 amide bonds. The van der Waals surface area contributed by atoms with E-state index in [2.05, 4.69) is 4.98 Å². The molecular weight excluding hydrogens is 320 g/mol. The van der Waals surface area contributed by atoms with E-state index in [0.29, 0.717) is 17.1 Å². The van der Waals surface area contributed by atoms with Crippen molar-refractivity contribution < 1.29 is 8.78 Å². The lowest BCUT2D eigenvalue weighted by atomic mass is 10.2. The van der Waals surface area contributed by atoms with Gasteiger partial charge in [0.15, 0.2) is 11.6 Å². The molecule has 112 valence electrons. The zero-order valence-electron chi connectivity index (χ0n) is 11.6. The summed E-state index contributed by atoms with van der Waals surface area (Å²) in [6.45, 7) is 0. The van der Waals surface area contributed by atoms with Crippen molar-refractivity contribution >= 4 is 23.1 Å². The first kappa shape index (κ1) is 15.2. The van der Waals surface area contributed by atoms with E-state index in [-0.39, 0.29) is 0 Å². The first-order chi connectivity index (χ1) is 10.7. The minimum atomic E-state index is -0.793. The molecule has 3 aromatic rings. The van der Waals surface area contributed by atoms with Gasteiger partial charge in [0, 0.05) is 28.0 Å². The van der Waals surface area contributed by atoms with Gasteiger partial charge in [-0.25, -0.2) is 13.8 Å². The Hall–Kier alpha value is -1.72. The number of thiazole rings is 1. The van der Waals surface area contributed by atoms with Crippen LogP contribution >= 0.6 is 23.1 Å². The molecule has 0 unspecified atom stereocenters. The van der Waals surface area contributed by atoms with Crippen molar-refractivity contribution in [1.29, 1.82) is 0 Å². The van der Waals surface area contributed by atoms with Crippen molar-refractivity contribution in [2.75, 3.05) is 0 Å². The van der Waals surface area contributed by atoms with Gasteiger partial charge >= 0.3 is 0 Å². The second kappa shape index (κ2) is 7.03. The molecule has 0 radical (unpaired) electrons. The lowest BCUT2D eigenvalue weighted by molar-refractivity contribution is 0.502. The second-order valence-electron chi connectivity index (χ2n) is 4.72. The van der Waals surface area contributed by atoms with E-state index in [4.69, 9.17) is 0 Å². The monoisotopic (exact) mass is 333 g/mol. The molecule has 5 heteroatoms. The highest BCUT2D eigenvalue weighted by molar-refractivity contribution is 7.97. The molecule has 0 aliphatic heterocycles. The number of halogens is 2. The molecule has 1 nitrogen and oxygen atoms in total. The molecule has 1 aromatic heterocycles. The van der Waals surface area contributed by atoms with E-state index in [1.54, 1.807) is 17.4 Å². The van der Waals surface area contributed by atoms with Gasteiger partial charge in [0.05, 0.1) is 5.69 Å². The fraction of sp³-hybridized carbons (Fsp3) is 0.118. The highest BCUT2D eigenvalue weighted by Gasteiger charge is 2.08. The topological polar surface area (TPSA) is 12.9 Å². The van der Waals surface area contributed by atoms with Gasteiger partial charge in [0.2, 0.25) is 0 Å². The van der Waals surface area contributed by atoms with E-state index >= 15 is 0 Å². The molecule has 0 saturated carbocycles. The SMILES string of the molecule is Fc1cccc(CSCc2csc(-c3ccccc3)n2)c1F. The average molecular weight is 333 g/mol. The summed E-state index contributed by atoms with van der Waals surface area (Å²) in [6, 6.07) is 14.3. The van der Waals surface area contributed by atoms with Gasteiger partial charge in [-0.05, 0) is 6.07 Å². The minimum Gasteiger partial charge on any atom is -0.240 e. The van der Waals surface area contributed by atoms with Gasteiger partial charge in [-0.2, -0.15) is 11.8 Å². The summed E-state index contributed by atoms with van der Waals surface area (Å²) in [6.07, 6.45) is 0. The molecule has 2 aromatic carbocycles. The standard InChI is InChI=1S/C17H13F2NS2/c18-15-8-4-7-13(16(15)19)9-21-10-14-11-22-17(20-14)12-5-2-1-3-6-12/h1-8,11H,9-10H2. The highest BCUT2D eigenvalue weighted by Crippen LogP contribution is 2.26. The third-order valence-corrected chi connectivity index (χ3v) is 5.07. The first-order valence-electron chi connectivity index (χ1n) is 6.74. The number of hydrogen-bond acceptors (Lipinski definition) is 3. The number of hydrogen-bond donors (Lipinski definition) is 0. The van der Waals surface area contributed by atoms with Gasteiger partial charge < -0.3 is 0 Å². The summed E-state index contributed by atoms with van der Waals surface area (Å²) in [5.41, 5.74) is 2.45. The maximum absolute atomic E-state index is 13.6. The second-order valence-corrected chi connectivity index (χ2v) is 6.56. The molecule has 0 bridgehead atoms. The number of nitrogens with zero attached hydrogens (tertiary/aromatic N) is 1. The zero-order chi connectivity index (χ0) is 15.4. The Balaban J connectivity index is 1.61. The van der Waals surface area contributed by atoms with Crippen LogP contribution in [0, 0.1) is 11.6 Å². The smallest absolute Gasteiger partial charge is 0.162 e. The molecule has 0 fully saturated rings. The van der Waals surface area contributed by atoms with Crippen LogP contribution in [-0.2, 0) is 11.5 Å². The molecule has 0 saturated heterocycles. The Morgan fingerprint density at radius 3 is 2.59 bits per heavy atom. The average Bonchev–Trinajstić information content (AvgIpc) is 3.01. The minimum absolute atomic E-state index is 0.392. The molecule has 0 aliphatic rings. The summed E-state index contributed by atoms with van der Waals surface area (Å²) >= 11 is 3.12. The molecule has 0 atom stereocenters. The number of benzene rings is 2. The van der Waals surface area contributed by atoms with Gasteiger partial charge in [0.1, 0.15) is 5.01 Å². The van der Waals surface area contributed by atoms with Crippen molar-refractivity contribution in [2.24, 2.45) is 0 Å². The van der Waals surface area contributed by atoms with Crippen molar-refractivity contribution in [3.63, 3.8) is 0 Å². The zero-order valence-corrected chi connectivity index (χ0v) is 13.3. The summed E-state index contributed by atoms with van der Waals surface area (Å²) < 4.78 is 26.7. The molecule has 1 heterocycles. The number of aromatic nitrogens is 1. The lowest BCUT2D eigenvalue weighted by Gasteiger charge is -2.02. The van der Waals surface area contributed by atoms with Crippen LogP contribution in [0.3, 0.4) is 0 Å². The summed E-state index contributed by atoms with van der Waals surface area (Å²) in [7, 11) is 0. The lowest BCUT2D eigenvalue weighted by Crippen LogP contribution is -1.92. The maximum Gasteiger partial charge on any atom is 0.162 e. The van der Waals surface area contributed by atoms with Crippen molar-refractivity contribution in [3.8, 4) is 10.6 Å². The maximum atomic E-state index is 13.6. The Morgan fingerprint density at radius 1 is 0.955 bits per heavy atom. The normalized spacial score (nSPS) is 10.8. The van der Waals surface area contributed by atoms with Crippen LogP contribution in [0.4, 0.5) is 8.78 Å². The molecular formula is C17H13F2NS2. The van der Waals surface area contributed by atoms with E-state index in [1.165, 1.54) is 17.8 Å². The van der Waals surface area contributed by atoms with Crippen LogP contribution in [0.15, 0.2) is 53.9 Å². The summed E-state index contributed by atoms with van der Waals surface area (Å²) in [4.78, 5) is 4.58. The molecule has 0 N–H and O–H groups in total. The van der Waals surface area contributed by atoms with Crippen molar-refractivity contribution in [3.05, 3.63) is 76.8 Å². The Kier molecular flexibility index (Phi) is 4.85. The predicted molar refractivity (Wildman–Crippen MR) is 88.9 cm³/mol. The molecule has 0 aliphatic carbocycles. The van der Waals surface area contributed by atoms with Gasteiger partial charge in [-0.1, -0.05) is 42.5 Å². The quantitative estimate of drug-likeness (QED) is 0.609. The van der Waals surface area contributed by atoms with E-state index in [9.17, 15) is 8.78 Å². The van der Waals surface area contributed by atoms with Crippen LogP contribution in [0.5, 0.6) is 0 Å². The Bertz CT molecular complexity index is 756. The predicted octanol–water partition coefficient (Wildman–Crippen LogP) is 5.52. The Labute approximate surface area is 136 Å². The van der Waals surface area contributed by atoms with Crippen LogP contribution in [-0.4, -0.2) is 4.98 Å². The largest absolute Gasteiger partial charge is 0.240 e. The third-order valence-electron chi connectivity index (χ3n) is 3.11. The van der Waals surface area contributed by atoms with Crippen molar-refractivity contribution in [1.82, 2.24) is 4.98 Å². The fourth-order valence-corrected chi connectivity index (χ4v) is 3.85. The summed E-state index contributed by atoms with van der Waals surface area (Å²) in [5.74, 6) is -0.433. The van der Waals surface area contributed by atoms with Gasteiger partial charge in [0.25, 0.3) is 0 Å². The van der Waals surface area contributed by atoms with Crippen LogP contribution in [0.25, 0.3) is 10.6 Å². The van der Waals surface area contributed by atoms with Crippen LogP contribution < -0.4 is 0 Å². The van der Waals surface area contributed by atoms with Crippen LogP contribution in [0.1, 0.15) is 11.3 Å². The molecule has 22 heavy (non-hydrogen) atoms. The summed E-state index contributed by atoms with van der Waals surface area (Å²) in [5, 5.41) is 2.99. The van der Waals surface area contributed by atoms with E-state index in [0.717, 1.165) is 22.3 Å².